The zero-order valence-corrected chi connectivity index (χ0v) is 10.2. The lowest BCUT2D eigenvalue weighted by atomic mass is 10.1. The summed E-state index contributed by atoms with van der Waals surface area (Å²) in [7, 11) is 0. The molecule has 0 heterocycles. The van der Waals surface area contributed by atoms with E-state index in [1.165, 1.54) is 0 Å². The first kappa shape index (κ1) is 17.6. The Morgan fingerprint density at radius 1 is 1.00 bits per heavy atom. The van der Waals surface area contributed by atoms with Crippen LogP contribution in [0.15, 0.2) is 18.2 Å². The molecular weight excluding hydrogens is 326 g/mol. The van der Waals surface area contributed by atoms with Gasteiger partial charge in [-0.2, -0.15) is 26.3 Å². The largest absolute Gasteiger partial charge is 0.478 e. The Morgan fingerprint density at radius 2 is 1.50 bits per heavy atom. The van der Waals surface area contributed by atoms with E-state index in [1.807, 2.05) is 0 Å². The molecule has 0 aliphatic heterocycles. The predicted molar refractivity (Wildman–Crippen MR) is 56.9 cm³/mol. The van der Waals surface area contributed by atoms with Crippen LogP contribution in [0.2, 0.25) is 0 Å². The molecule has 0 saturated heterocycles. The van der Waals surface area contributed by atoms with Gasteiger partial charge in [-0.1, -0.05) is 0 Å². The zero-order chi connectivity index (χ0) is 17.3. The summed E-state index contributed by atoms with van der Waals surface area (Å²) in [5, 5.41) is 17.4. The molecule has 0 bridgehead atoms. The number of aromatic carboxylic acids is 2. The normalized spacial score (nSPS) is 13.5. The van der Waals surface area contributed by atoms with Crippen LogP contribution in [0, 0.1) is 0 Å². The lowest BCUT2D eigenvalue weighted by Gasteiger charge is -2.23. The molecule has 0 radical (unpaired) electrons. The third-order valence-corrected chi connectivity index (χ3v) is 2.35. The molecule has 122 valence electrons. The monoisotopic (exact) mass is 332 g/mol. The van der Waals surface area contributed by atoms with Crippen LogP contribution in [0.1, 0.15) is 20.7 Å². The molecule has 2 N–H and O–H groups in total. The van der Waals surface area contributed by atoms with E-state index in [0.717, 1.165) is 0 Å². The standard InChI is InChI=1S/C11H6F6O5/c12-9(10(13,14)11(15,16)17)22-4-1-2-5(7(18)19)6(3-4)8(20)21/h1-3,9H,(H,18,19)(H,20,21). The number of carboxylic acids is 2. The number of halogens is 6. The number of benzene rings is 1. The Bertz CT molecular complexity index is 597. The molecule has 0 aromatic heterocycles. The predicted octanol–water partition coefficient (Wildman–Crippen LogP) is 2.96. The Kier molecular flexibility index (Phi) is 4.58. The van der Waals surface area contributed by atoms with Crippen LogP contribution in [0.3, 0.4) is 0 Å². The maximum atomic E-state index is 13.0. The molecule has 1 atom stereocenters. The fourth-order valence-corrected chi connectivity index (χ4v) is 1.28. The van der Waals surface area contributed by atoms with Gasteiger partial charge in [-0.3, -0.25) is 0 Å². The van der Waals surface area contributed by atoms with Gasteiger partial charge in [-0.15, -0.1) is 0 Å². The summed E-state index contributed by atoms with van der Waals surface area (Å²) in [6.45, 7) is 0. The first-order valence-electron chi connectivity index (χ1n) is 5.24. The van der Waals surface area contributed by atoms with E-state index in [2.05, 4.69) is 4.74 Å². The van der Waals surface area contributed by atoms with Gasteiger partial charge in [-0.25, -0.2) is 9.59 Å². The summed E-state index contributed by atoms with van der Waals surface area (Å²) in [5.41, 5.74) is -1.75. The van der Waals surface area contributed by atoms with Crippen molar-refractivity contribution < 1.29 is 50.9 Å². The van der Waals surface area contributed by atoms with Crippen molar-refractivity contribution in [1.29, 1.82) is 0 Å². The van der Waals surface area contributed by atoms with E-state index in [4.69, 9.17) is 10.2 Å². The van der Waals surface area contributed by atoms with Gasteiger partial charge in [0.25, 0.3) is 0 Å². The quantitative estimate of drug-likeness (QED) is 0.810. The van der Waals surface area contributed by atoms with Crippen LogP contribution in [0.5, 0.6) is 5.75 Å². The van der Waals surface area contributed by atoms with Crippen molar-refractivity contribution in [3.63, 3.8) is 0 Å². The molecule has 1 rings (SSSR count). The minimum Gasteiger partial charge on any atom is -0.478 e. The Hall–Kier alpha value is -2.46. The van der Waals surface area contributed by atoms with Crippen LogP contribution < -0.4 is 4.74 Å². The lowest BCUT2D eigenvalue weighted by Crippen LogP contribution is -2.47. The number of rotatable bonds is 5. The smallest absolute Gasteiger partial charge is 0.460 e. The summed E-state index contributed by atoms with van der Waals surface area (Å²) >= 11 is 0. The molecular formula is C11H6F6O5. The topological polar surface area (TPSA) is 83.8 Å². The summed E-state index contributed by atoms with van der Waals surface area (Å²) in [4.78, 5) is 21.5. The summed E-state index contributed by atoms with van der Waals surface area (Å²) in [6.07, 6.45) is -10.4. The number of alkyl halides is 6. The SMILES string of the molecule is O=C(O)c1ccc(OC(F)C(F)(F)C(F)(F)F)cc1C(=O)O. The molecule has 0 fully saturated rings. The molecule has 11 heteroatoms. The molecule has 22 heavy (non-hydrogen) atoms. The van der Waals surface area contributed by atoms with E-state index in [9.17, 15) is 35.9 Å². The molecule has 1 aromatic carbocycles. The number of hydrogen-bond donors (Lipinski definition) is 2. The van der Waals surface area contributed by atoms with Gasteiger partial charge in [0, 0.05) is 0 Å². The number of carboxylic acid groups (broad SMARTS) is 2. The Labute approximate surface area is 117 Å². The first-order chi connectivity index (χ1) is 9.87. The van der Waals surface area contributed by atoms with Crippen LogP contribution >= 0.6 is 0 Å². The minimum absolute atomic E-state index is 0.324. The van der Waals surface area contributed by atoms with E-state index >= 15 is 0 Å². The fourth-order valence-electron chi connectivity index (χ4n) is 1.28. The van der Waals surface area contributed by atoms with Gasteiger partial charge in [-0.05, 0) is 18.2 Å². The number of ether oxygens (including phenoxy) is 1. The fraction of sp³-hybridized carbons (Fsp3) is 0.273. The summed E-state index contributed by atoms with van der Waals surface area (Å²) in [5.74, 6) is -10.3. The van der Waals surface area contributed by atoms with Crippen molar-refractivity contribution in [2.75, 3.05) is 0 Å². The molecule has 1 unspecified atom stereocenters. The van der Waals surface area contributed by atoms with Crippen molar-refractivity contribution in [2.24, 2.45) is 0 Å². The van der Waals surface area contributed by atoms with Gasteiger partial charge in [0.1, 0.15) is 5.75 Å². The van der Waals surface area contributed by atoms with Crippen molar-refractivity contribution in [3.8, 4) is 5.75 Å². The Morgan fingerprint density at radius 3 is 1.91 bits per heavy atom. The second kappa shape index (κ2) is 5.73. The lowest BCUT2D eigenvalue weighted by molar-refractivity contribution is -0.328. The third-order valence-electron chi connectivity index (χ3n) is 2.35. The van der Waals surface area contributed by atoms with Crippen LogP contribution in [0.4, 0.5) is 26.3 Å². The van der Waals surface area contributed by atoms with Crippen molar-refractivity contribution in [3.05, 3.63) is 29.3 Å². The van der Waals surface area contributed by atoms with Gasteiger partial charge >= 0.3 is 30.4 Å². The maximum Gasteiger partial charge on any atom is 0.460 e. The van der Waals surface area contributed by atoms with E-state index < -0.39 is 47.3 Å². The van der Waals surface area contributed by atoms with Crippen LogP contribution in [0.25, 0.3) is 0 Å². The molecule has 0 amide bonds. The molecule has 0 saturated carbocycles. The van der Waals surface area contributed by atoms with Gasteiger partial charge < -0.3 is 14.9 Å². The molecule has 0 aliphatic rings. The number of hydrogen-bond acceptors (Lipinski definition) is 3. The second-order valence-electron chi connectivity index (χ2n) is 3.87. The highest BCUT2D eigenvalue weighted by atomic mass is 19.4. The van der Waals surface area contributed by atoms with E-state index in [-0.39, 0.29) is 0 Å². The average molecular weight is 332 g/mol. The average Bonchev–Trinajstić information content (AvgIpc) is 2.36. The molecule has 1 aromatic rings. The van der Waals surface area contributed by atoms with Crippen molar-refractivity contribution in [2.45, 2.75) is 18.5 Å². The van der Waals surface area contributed by atoms with Crippen LogP contribution in [-0.4, -0.2) is 40.6 Å². The maximum absolute atomic E-state index is 13.0. The second-order valence-corrected chi connectivity index (χ2v) is 3.87. The third kappa shape index (κ3) is 3.40. The van der Waals surface area contributed by atoms with E-state index in [1.54, 1.807) is 0 Å². The van der Waals surface area contributed by atoms with Gasteiger partial charge in [0.2, 0.25) is 0 Å². The molecule has 0 spiro atoms. The first-order valence-corrected chi connectivity index (χ1v) is 5.24. The highest BCUT2D eigenvalue weighted by Gasteiger charge is 2.65. The van der Waals surface area contributed by atoms with Crippen molar-refractivity contribution in [1.82, 2.24) is 0 Å². The highest BCUT2D eigenvalue weighted by Crippen LogP contribution is 2.40. The molecule has 5 nitrogen and oxygen atoms in total. The molecule has 0 aliphatic carbocycles. The Balaban J connectivity index is 3.12. The highest BCUT2D eigenvalue weighted by molar-refractivity contribution is 6.01. The summed E-state index contributed by atoms with van der Waals surface area (Å²) < 4.78 is 77.8. The van der Waals surface area contributed by atoms with E-state index in [0.29, 0.717) is 18.2 Å². The van der Waals surface area contributed by atoms with Crippen LogP contribution in [-0.2, 0) is 0 Å². The summed E-state index contributed by atoms with van der Waals surface area (Å²) in [6, 6.07) is 1.44. The number of carbonyl (C=O) groups is 2. The minimum atomic E-state index is -6.22. The van der Waals surface area contributed by atoms with Crippen molar-refractivity contribution >= 4 is 11.9 Å². The van der Waals surface area contributed by atoms with Gasteiger partial charge in [0.15, 0.2) is 0 Å². The zero-order valence-electron chi connectivity index (χ0n) is 10.2. The van der Waals surface area contributed by atoms with Gasteiger partial charge in [0.05, 0.1) is 11.1 Å².